The summed E-state index contributed by atoms with van der Waals surface area (Å²) < 4.78 is 0. The first-order valence-corrected chi connectivity index (χ1v) is 7.21. The van der Waals surface area contributed by atoms with Crippen LogP contribution in [0.25, 0.3) is 0 Å². The minimum absolute atomic E-state index is 0.758. The summed E-state index contributed by atoms with van der Waals surface area (Å²) >= 11 is 0. The second-order valence-electron chi connectivity index (χ2n) is 3.57. The molecule has 74 valence electrons. The minimum atomic E-state index is 0.758. The zero-order chi connectivity index (χ0) is 9.56. The van der Waals surface area contributed by atoms with Crippen molar-refractivity contribution in [3.05, 3.63) is 0 Å². The van der Waals surface area contributed by atoms with Gasteiger partial charge in [0.25, 0.3) is 0 Å². The van der Waals surface area contributed by atoms with Crippen LogP contribution in [0.15, 0.2) is 0 Å². The van der Waals surface area contributed by atoms with Gasteiger partial charge in [0.2, 0.25) is 0 Å². The average Bonchev–Trinajstić information content (AvgIpc) is 2.04. The highest BCUT2D eigenvalue weighted by molar-refractivity contribution is 8.77. The predicted octanol–water partition coefficient (Wildman–Crippen LogP) is 4.60. The monoisotopic (exact) mass is 206 g/mol. The number of hydrogen-bond acceptors (Lipinski definition) is 2. The fraction of sp³-hybridized carbons (Fsp3) is 1.00. The summed E-state index contributed by atoms with van der Waals surface area (Å²) in [4.78, 5) is 0. The van der Waals surface area contributed by atoms with E-state index in [1.165, 1.54) is 12.8 Å². The topological polar surface area (TPSA) is 0 Å². The quantitative estimate of drug-likeness (QED) is 0.582. The summed E-state index contributed by atoms with van der Waals surface area (Å²) in [6, 6.07) is 0. The van der Waals surface area contributed by atoms with Crippen LogP contribution in [0.2, 0.25) is 0 Å². The number of rotatable bonds is 6. The molecule has 0 aliphatic rings. The summed E-state index contributed by atoms with van der Waals surface area (Å²) in [5.41, 5.74) is 0. The van der Waals surface area contributed by atoms with E-state index in [-0.39, 0.29) is 0 Å². The third-order valence-electron chi connectivity index (χ3n) is 2.05. The van der Waals surface area contributed by atoms with Gasteiger partial charge in [-0.3, -0.25) is 0 Å². The molecule has 0 aromatic rings. The molecule has 0 aromatic carbocycles. The molecule has 0 amide bonds. The molecule has 0 spiro atoms. The molecular formula is C10H22S2. The Kier molecular flexibility index (Phi) is 7.55. The summed E-state index contributed by atoms with van der Waals surface area (Å²) in [5, 5.41) is 1.61. The molecule has 0 fully saturated rings. The van der Waals surface area contributed by atoms with Crippen LogP contribution in [-0.2, 0) is 0 Å². The average molecular weight is 206 g/mol. The van der Waals surface area contributed by atoms with Gasteiger partial charge in [0, 0.05) is 10.5 Å². The highest BCUT2D eigenvalue weighted by atomic mass is 33.1. The largest absolute Gasteiger partial charge is 0.0910 e. The third-order valence-corrected chi connectivity index (χ3v) is 5.82. The first-order valence-electron chi connectivity index (χ1n) is 4.93. The lowest BCUT2D eigenvalue weighted by atomic mass is 10.0. The smallest absolute Gasteiger partial charge is 0.0174 e. The highest BCUT2D eigenvalue weighted by Gasteiger charge is 2.14. The van der Waals surface area contributed by atoms with Gasteiger partial charge < -0.3 is 0 Å². The van der Waals surface area contributed by atoms with Gasteiger partial charge in [0.15, 0.2) is 0 Å². The lowest BCUT2D eigenvalue weighted by molar-refractivity contribution is 0.526. The van der Waals surface area contributed by atoms with E-state index >= 15 is 0 Å². The first-order chi connectivity index (χ1) is 5.61. The molecule has 0 heterocycles. The molecule has 0 radical (unpaired) electrons. The van der Waals surface area contributed by atoms with E-state index < -0.39 is 0 Å². The maximum Gasteiger partial charge on any atom is 0.0174 e. The van der Waals surface area contributed by atoms with Crippen LogP contribution in [-0.4, -0.2) is 10.5 Å². The molecule has 2 heteroatoms. The molecule has 0 aromatic heterocycles. The molecule has 0 saturated carbocycles. The van der Waals surface area contributed by atoms with E-state index in [1.54, 1.807) is 0 Å². The van der Waals surface area contributed by atoms with E-state index in [2.05, 4.69) is 45.4 Å². The Morgan fingerprint density at radius 1 is 0.917 bits per heavy atom. The molecule has 0 aliphatic heterocycles. The van der Waals surface area contributed by atoms with E-state index in [1.807, 2.05) is 10.8 Å². The van der Waals surface area contributed by atoms with Gasteiger partial charge in [0.05, 0.1) is 0 Å². The molecule has 0 nitrogen and oxygen atoms in total. The summed E-state index contributed by atoms with van der Waals surface area (Å²) in [6.07, 6.45) is 2.61. The van der Waals surface area contributed by atoms with Crippen molar-refractivity contribution in [2.24, 2.45) is 5.92 Å². The Morgan fingerprint density at radius 2 is 1.50 bits per heavy atom. The molecule has 12 heavy (non-hydrogen) atoms. The van der Waals surface area contributed by atoms with Gasteiger partial charge in [-0.1, -0.05) is 62.6 Å². The van der Waals surface area contributed by atoms with Crippen molar-refractivity contribution in [2.45, 2.75) is 58.0 Å². The normalized spacial score (nSPS) is 16.5. The lowest BCUT2D eigenvalue weighted by Crippen LogP contribution is -2.11. The fourth-order valence-electron chi connectivity index (χ4n) is 1.01. The van der Waals surface area contributed by atoms with Crippen LogP contribution >= 0.6 is 21.6 Å². The van der Waals surface area contributed by atoms with Crippen LogP contribution in [0.4, 0.5) is 0 Å². The van der Waals surface area contributed by atoms with E-state index in [0.29, 0.717) is 0 Å². The second kappa shape index (κ2) is 7.14. The van der Waals surface area contributed by atoms with Crippen LogP contribution in [0, 0.1) is 5.92 Å². The highest BCUT2D eigenvalue weighted by Crippen LogP contribution is 2.36. The third kappa shape index (κ3) is 5.36. The van der Waals surface area contributed by atoms with Crippen LogP contribution in [0.5, 0.6) is 0 Å². The SMILES string of the molecule is CCC(C)[C@H](CC)SSC(C)C. The summed E-state index contributed by atoms with van der Waals surface area (Å²) in [5.74, 6) is 0.867. The molecule has 2 atom stereocenters. The van der Waals surface area contributed by atoms with Gasteiger partial charge in [-0.15, -0.1) is 0 Å². The van der Waals surface area contributed by atoms with Gasteiger partial charge in [-0.2, -0.15) is 0 Å². The van der Waals surface area contributed by atoms with Crippen molar-refractivity contribution in [3.8, 4) is 0 Å². The van der Waals surface area contributed by atoms with Crippen LogP contribution in [0.1, 0.15) is 47.5 Å². The summed E-state index contributed by atoms with van der Waals surface area (Å²) in [7, 11) is 4.10. The summed E-state index contributed by atoms with van der Waals surface area (Å²) in [6.45, 7) is 11.5. The number of hydrogen-bond donors (Lipinski definition) is 0. The van der Waals surface area contributed by atoms with Crippen molar-refractivity contribution in [1.29, 1.82) is 0 Å². The molecule has 0 bridgehead atoms. The molecule has 0 saturated heterocycles. The standard InChI is InChI=1S/C10H22S2/c1-6-9(5)10(7-2)12-11-8(3)4/h8-10H,6-7H2,1-5H3/t9?,10-/m0/s1. The maximum atomic E-state index is 2.36. The first kappa shape index (κ1) is 12.7. The second-order valence-corrected chi connectivity index (χ2v) is 6.66. The van der Waals surface area contributed by atoms with E-state index in [4.69, 9.17) is 0 Å². The predicted molar refractivity (Wildman–Crippen MR) is 63.9 cm³/mol. The Bertz CT molecular complexity index is 102. The molecule has 1 unspecified atom stereocenters. The fourth-order valence-corrected chi connectivity index (χ4v) is 3.97. The Morgan fingerprint density at radius 3 is 1.83 bits per heavy atom. The van der Waals surface area contributed by atoms with E-state index in [0.717, 1.165) is 16.4 Å². The molecule has 0 rings (SSSR count). The zero-order valence-electron chi connectivity index (χ0n) is 8.96. The van der Waals surface area contributed by atoms with E-state index in [9.17, 15) is 0 Å². The lowest BCUT2D eigenvalue weighted by Gasteiger charge is -2.20. The van der Waals surface area contributed by atoms with Crippen LogP contribution < -0.4 is 0 Å². The van der Waals surface area contributed by atoms with Crippen molar-refractivity contribution < 1.29 is 0 Å². The van der Waals surface area contributed by atoms with Crippen molar-refractivity contribution in [1.82, 2.24) is 0 Å². The van der Waals surface area contributed by atoms with Crippen molar-refractivity contribution in [3.63, 3.8) is 0 Å². The minimum Gasteiger partial charge on any atom is -0.0910 e. The van der Waals surface area contributed by atoms with Gasteiger partial charge in [-0.25, -0.2) is 0 Å². The van der Waals surface area contributed by atoms with Crippen molar-refractivity contribution in [2.75, 3.05) is 0 Å². The maximum absolute atomic E-state index is 2.36. The molecule has 0 aliphatic carbocycles. The van der Waals surface area contributed by atoms with Crippen molar-refractivity contribution >= 4 is 21.6 Å². The van der Waals surface area contributed by atoms with Gasteiger partial charge >= 0.3 is 0 Å². The Balaban J connectivity index is 3.67. The Hall–Kier alpha value is 0.700. The van der Waals surface area contributed by atoms with Crippen LogP contribution in [0.3, 0.4) is 0 Å². The Labute approximate surface area is 85.7 Å². The molecular weight excluding hydrogens is 184 g/mol. The van der Waals surface area contributed by atoms with Gasteiger partial charge in [-0.05, 0) is 12.3 Å². The van der Waals surface area contributed by atoms with Gasteiger partial charge in [0.1, 0.15) is 0 Å². The zero-order valence-corrected chi connectivity index (χ0v) is 10.6. The molecule has 0 N–H and O–H groups in total.